The van der Waals surface area contributed by atoms with Crippen molar-refractivity contribution in [3.63, 3.8) is 0 Å². The zero-order valence-corrected chi connectivity index (χ0v) is 6.44. The largest absolute Gasteiger partial charge is 0.478 e. The number of carboxylic acids is 1. The highest BCUT2D eigenvalue weighted by molar-refractivity contribution is 5.92. The van der Waals surface area contributed by atoms with Crippen LogP contribution in [-0.4, -0.2) is 20.8 Å². The summed E-state index contributed by atoms with van der Waals surface area (Å²) in [4.78, 5) is 14.6. The van der Waals surface area contributed by atoms with Crippen LogP contribution < -0.4 is 0 Å². The van der Waals surface area contributed by atoms with E-state index >= 15 is 0 Å². The SMILES string of the molecule is O=C(O)c1ccc2c(c1)ncn2F. The summed E-state index contributed by atoms with van der Waals surface area (Å²) in [6.07, 6.45) is 0.996. The average molecular weight is 180 g/mol. The summed E-state index contributed by atoms with van der Waals surface area (Å²) < 4.78 is 12.8. The molecule has 13 heavy (non-hydrogen) atoms. The highest BCUT2D eigenvalue weighted by Crippen LogP contribution is 2.14. The second-order valence-corrected chi connectivity index (χ2v) is 2.56. The normalized spacial score (nSPS) is 10.5. The van der Waals surface area contributed by atoms with Crippen molar-refractivity contribution < 1.29 is 14.4 Å². The Balaban J connectivity index is 2.70. The maximum absolute atomic E-state index is 12.8. The van der Waals surface area contributed by atoms with E-state index in [2.05, 4.69) is 4.98 Å². The number of imidazole rings is 1. The molecular formula is C8H5FN2O2. The van der Waals surface area contributed by atoms with Gasteiger partial charge >= 0.3 is 5.97 Å². The van der Waals surface area contributed by atoms with Crippen molar-refractivity contribution in [2.75, 3.05) is 0 Å². The van der Waals surface area contributed by atoms with Crippen LogP contribution in [0.1, 0.15) is 10.4 Å². The van der Waals surface area contributed by atoms with Crippen molar-refractivity contribution in [1.82, 2.24) is 9.77 Å². The number of hydrogen-bond donors (Lipinski definition) is 1. The van der Waals surface area contributed by atoms with Crippen molar-refractivity contribution >= 4 is 17.0 Å². The lowest BCUT2D eigenvalue weighted by Crippen LogP contribution is -1.95. The van der Waals surface area contributed by atoms with Crippen molar-refractivity contribution in [1.29, 1.82) is 0 Å². The second kappa shape index (κ2) is 2.55. The molecule has 0 aliphatic carbocycles. The van der Waals surface area contributed by atoms with E-state index in [4.69, 9.17) is 5.11 Å². The molecule has 1 heterocycles. The van der Waals surface area contributed by atoms with Gasteiger partial charge in [0.05, 0.1) is 11.1 Å². The van der Waals surface area contributed by atoms with Crippen LogP contribution in [0.15, 0.2) is 24.5 Å². The first kappa shape index (κ1) is 7.72. The standard InChI is InChI=1S/C8H5FN2O2/c9-11-4-10-6-3-5(8(12)13)1-2-7(6)11/h1-4H,(H,12,13). The Labute approximate surface area is 72.2 Å². The first-order valence-corrected chi connectivity index (χ1v) is 3.55. The molecule has 0 radical (unpaired) electrons. The predicted molar refractivity (Wildman–Crippen MR) is 43.2 cm³/mol. The minimum atomic E-state index is -1.05. The fraction of sp³-hybridized carbons (Fsp3) is 0. The topological polar surface area (TPSA) is 55.1 Å². The van der Waals surface area contributed by atoms with E-state index in [9.17, 15) is 9.28 Å². The summed E-state index contributed by atoms with van der Waals surface area (Å²) in [6.45, 7) is 0. The van der Waals surface area contributed by atoms with Gasteiger partial charge in [0.25, 0.3) is 0 Å². The molecule has 0 saturated heterocycles. The van der Waals surface area contributed by atoms with Crippen LogP contribution in [0.3, 0.4) is 0 Å². The summed E-state index contributed by atoms with van der Waals surface area (Å²) in [5.41, 5.74) is 0.707. The van der Waals surface area contributed by atoms with Gasteiger partial charge in [-0.3, -0.25) is 0 Å². The molecule has 0 bridgehead atoms. The Hall–Kier alpha value is -1.91. The Morgan fingerprint density at radius 3 is 3.00 bits per heavy atom. The maximum Gasteiger partial charge on any atom is 0.335 e. The van der Waals surface area contributed by atoms with Crippen LogP contribution in [0.2, 0.25) is 0 Å². The summed E-state index contributed by atoms with van der Waals surface area (Å²) >= 11 is 0. The second-order valence-electron chi connectivity index (χ2n) is 2.56. The van der Waals surface area contributed by atoms with Crippen LogP contribution in [0.25, 0.3) is 11.0 Å². The van der Waals surface area contributed by atoms with E-state index in [1.54, 1.807) is 0 Å². The Morgan fingerprint density at radius 1 is 1.54 bits per heavy atom. The Kier molecular flexibility index (Phi) is 1.51. The summed E-state index contributed by atoms with van der Waals surface area (Å²) in [5, 5.41) is 8.62. The predicted octanol–water partition coefficient (Wildman–Crippen LogP) is 1.47. The highest BCUT2D eigenvalue weighted by Gasteiger charge is 2.06. The molecule has 0 fully saturated rings. The minimum absolute atomic E-state index is 0.103. The lowest BCUT2D eigenvalue weighted by atomic mass is 10.2. The quantitative estimate of drug-likeness (QED) is 0.722. The first-order valence-electron chi connectivity index (χ1n) is 3.55. The van der Waals surface area contributed by atoms with Gasteiger partial charge in [0.1, 0.15) is 11.8 Å². The highest BCUT2D eigenvalue weighted by atomic mass is 19.2. The molecule has 2 rings (SSSR count). The maximum atomic E-state index is 12.8. The third-order valence-corrected chi connectivity index (χ3v) is 1.75. The molecule has 1 N–H and O–H groups in total. The number of aromatic carboxylic acids is 1. The molecule has 0 saturated carbocycles. The lowest BCUT2D eigenvalue weighted by molar-refractivity contribution is 0.0697. The third kappa shape index (κ3) is 1.14. The van der Waals surface area contributed by atoms with Crippen LogP contribution in [0.5, 0.6) is 0 Å². The monoisotopic (exact) mass is 180 g/mol. The average Bonchev–Trinajstić information content (AvgIpc) is 2.47. The zero-order chi connectivity index (χ0) is 9.42. The Morgan fingerprint density at radius 2 is 2.31 bits per heavy atom. The molecule has 0 aliphatic heterocycles. The van der Waals surface area contributed by atoms with E-state index in [1.807, 2.05) is 0 Å². The number of carbonyl (C=O) groups is 1. The fourth-order valence-electron chi connectivity index (χ4n) is 1.12. The number of halogens is 1. The van der Waals surface area contributed by atoms with Gasteiger partial charge in [-0.05, 0) is 18.2 Å². The van der Waals surface area contributed by atoms with E-state index < -0.39 is 5.97 Å². The third-order valence-electron chi connectivity index (χ3n) is 1.75. The number of hydrogen-bond acceptors (Lipinski definition) is 2. The molecule has 0 amide bonds. The summed E-state index contributed by atoms with van der Waals surface area (Å²) in [5.74, 6) is -1.05. The van der Waals surface area contributed by atoms with Gasteiger partial charge in [-0.2, -0.15) is 4.79 Å². The molecule has 5 heteroatoms. The first-order chi connectivity index (χ1) is 6.18. The van der Waals surface area contributed by atoms with E-state index in [-0.39, 0.29) is 11.1 Å². The Bertz CT molecular complexity index is 478. The molecule has 0 unspecified atom stereocenters. The van der Waals surface area contributed by atoms with Gasteiger partial charge in [-0.15, -0.1) is 0 Å². The number of nitrogens with zero attached hydrogens (tertiary/aromatic N) is 2. The molecule has 0 spiro atoms. The minimum Gasteiger partial charge on any atom is -0.478 e. The lowest BCUT2D eigenvalue weighted by Gasteiger charge is -1.93. The van der Waals surface area contributed by atoms with Crippen LogP contribution in [0, 0.1) is 0 Å². The van der Waals surface area contributed by atoms with Gasteiger partial charge in [0.15, 0.2) is 0 Å². The van der Waals surface area contributed by atoms with Crippen LogP contribution in [0.4, 0.5) is 4.48 Å². The molecule has 2 aromatic rings. The fourth-order valence-corrected chi connectivity index (χ4v) is 1.12. The van der Waals surface area contributed by atoms with Gasteiger partial charge in [0.2, 0.25) is 0 Å². The van der Waals surface area contributed by atoms with Gasteiger partial charge < -0.3 is 5.11 Å². The number of fused-ring (bicyclic) bond motifs is 1. The van der Waals surface area contributed by atoms with Gasteiger partial charge in [0, 0.05) is 0 Å². The summed E-state index contributed by atoms with van der Waals surface area (Å²) in [6, 6.07) is 4.04. The van der Waals surface area contributed by atoms with Gasteiger partial charge in [-0.25, -0.2) is 9.78 Å². The molecule has 66 valence electrons. The molecule has 4 nitrogen and oxygen atoms in total. The number of carboxylic acid groups (broad SMARTS) is 1. The van der Waals surface area contributed by atoms with Crippen molar-refractivity contribution in [3.05, 3.63) is 30.1 Å². The van der Waals surface area contributed by atoms with E-state index in [0.717, 1.165) is 6.33 Å². The molecule has 0 atom stereocenters. The summed E-state index contributed by atoms with van der Waals surface area (Å²) in [7, 11) is 0. The molecule has 0 aliphatic rings. The van der Waals surface area contributed by atoms with E-state index in [1.165, 1.54) is 18.2 Å². The number of aromatic nitrogens is 2. The van der Waals surface area contributed by atoms with Crippen molar-refractivity contribution in [2.45, 2.75) is 0 Å². The van der Waals surface area contributed by atoms with E-state index in [0.29, 0.717) is 10.3 Å². The zero-order valence-electron chi connectivity index (χ0n) is 6.44. The molecular weight excluding hydrogens is 175 g/mol. The van der Waals surface area contributed by atoms with Crippen LogP contribution >= 0.6 is 0 Å². The molecule has 1 aromatic heterocycles. The van der Waals surface area contributed by atoms with Crippen molar-refractivity contribution in [3.8, 4) is 0 Å². The van der Waals surface area contributed by atoms with Crippen molar-refractivity contribution in [2.24, 2.45) is 0 Å². The number of benzene rings is 1. The van der Waals surface area contributed by atoms with Gasteiger partial charge in [-0.1, -0.05) is 4.48 Å². The number of rotatable bonds is 1. The van der Waals surface area contributed by atoms with Crippen LogP contribution in [-0.2, 0) is 0 Å². The smallest absolute Gasteiger partial charge is 0.335 e. The molecule has 1 aromatic carbocycles.